The van der Waals surface area contributed by atoms with E-state index in [4.69, 9.17) is 10.2 Å². The smallest absolute Gasteiger partial charge is 0.342 e. The van der Waals surface area contributed by atoms with Crippen LogP contribution in [-0.2, 0) is 0 Å². The summed E-state index contributed by atoms with van der Waals surface area (Å²) in [5.74, 6) is -1.33. The van der Waals surface area contributed by atoms with Crippen LogP contribution in [0.4, 0.5) is 11.4 Å². The van der Waals surface area contributed by atoms with E-state index in [2.05, 4.69) is 5.32 Å². The molecule has 3 N–H and O–H groups in total. The molecule has 0 aliphatic heterocycles. The average molecular weight is 252 g/mol. The second-order valence-electron chi connectivity index (χ2n) is 4.26. The Balaban J connectivity index is 2.20. The van der Waals surface area contributed by atoms with Crippen molar-refractivity contribution in [1.29, 1.82) is 0 Å². The minimum Gasteiger partial charge on any atom is -0.477 e. The van der Waals surface area contributed by atoms with Gasteiger partial charge in [-0.25, -0.2) is 4.79 Å². The SMILES string of the molecule is O=C(O)c1ccc(NC2CC(O)C2)cc1[N+](=O)[O-]. The number of hydrogen-bond donors (Lipinski definition) is 3. The maximum Gasteiger partial charge on any atom is 0.342 e. The second kappa shape index (κ2) is 4.61. The minimum absolute atomic E-state index is 0.0790. The standard InChI is InChI=1S/C11H12N2O5/c14-8-3-7(4-8)12-6-1-2-9(11(15)16)10(5-6)13(17)18/h1-2,5,7-8,12,14H,3-4H2,(H,15,16). The van der Waals surface area contributed by atoms with Crippen molar-refractivity contribution in [2.45, 2.75) is 25.0 Å². The molecule has 7 nitrogen and oxygen atoms in total. The number of hydrogen-bond acceptors (Lipinski definition) is 5. The summed E-state index contributed by atoms with van der Waals surface area (Å²) in [6.07, 6.45) is 0.860. The molecule has 96 valence electrons. The highest BCUT2D eigenvalue weighted by atomic mass is 16.6. The summed E-state index contributed by atoms with van der Waals surface area (Å²) >= 11 is 0. The highest BCUT2D eigenvalue weighted by Crippen LogP contribution is 2.28. The first kappa shape index (κ1) is 12.3. The Morgan fingerprint density at radius 2 is 2.11 bits per heavy atom. The third kappa shape index (κ3) is 2.40. The summed E-state index contributed by atoms with van der Waals surface area (Å²) < 4.78 is 0. The van der Waals surface area contributed by atoms with Crippen molar-refractivity contribution in [3.8, 4) is 0 Å². The topological polar surface area (TPSA) is 113 Å². The number of rotatable bonds is 4. The van der Waals surface area contributed by atoms with E-state index in [9.17, 15) is 14.9 Å². The Bertz CT molecular complexity index is 496. The van der Waals surface area contributed by atoms with Crippen molar-refractivity contribution >= 4 is 17.3 Å². The van der Waals surface area contributed by atoms with Gasteiger partial charge in [-0.05, 0) is 25.0 Å². The van der Waals surface area contributed by atoms with Gasteiger partial charge in [0, 0.05) is 17.8 Å². The van der Waals surface area contributed by atoms with Crippen molar-refractivity contribution in [2.24, 2.45) is 0 Å². The second-order valence-corrected chi connectivity index (χ2v) is 4.26. The summed E-state index contributed by atoms with van der Waals surface area (Å²) in [6, 6.07) is 3.97. The maximum absolute atomic E-state index is 10.8. The Labute approximate surface area is 102 Å². The van der Waals surface area contributed by atoms with E-state index in [1.165, 1.54) is 18.2 Å². The molecule has 0 spiro atoms. The quantitative estimate of drug-likeness (QED) is 0.548. The number of anilines is 1. The number of nitro groups is 1. The predicted molar refractivity (Wildman–Crippen MR) is 62.7 cm³/mol. The third-order valence-corrected chi connectivity index (χ3v) is 2.91. The molecule has 1 aromatic carbocycles. The fraction of sp³-hybridized carbons (Fsp3) is 0.364. The molecule has 7 heteroatoms. The first-order valence-electron chi connectivity index (χ1n) is 5.43. The molecular formula is C11H12N2O5. The van der Waals surface area contributed by atoms with Gasteiger partial charge in [-0.3, -0.25) is 10.1 Å². The molecule has 0 aromatic heterocycles. The van der Waals surface area contributed by atoms with Crippen LogP contribution in [0.5, 0.6) is 0 Å². The van der Waals surface area contributed by atoms with Gasteiger partial charge in [-0.2, -0.15) is 0 Å². The average Bonchev–Trinajstić information content (AvgIpc) is 2.26. The lowest BCUT2D eigenvalue weighted by Crippen LogP contribution is -2.38. The zero-order chi connectivity index (χ0) is 13.3. The summed E-state index contributed by atoms with van der Waals surface area (Å²) in [4.78, 5) is 20.9. The summed E-state index contributed by atoms with van der Waals surface area (Å²) in [5, 5.41) is 31.7. The first-order valence-corrected chi connectivity index (χ1v) is 5.43. The van der Waals surface area contributed by atoms with Crippen LogP contribution in [0.3, 0.4) is 0 Å². The van der Waals surface area contributed by atoms with Crippen molar-refractivity contribution in [3.05, 3.63) is 33.9 Å². The number of aliphatic hydroxyl groups is 1. The molecule has 1 aromatic rings. The van der Waals surface area contributed by atoms with Gasteiger partial charge in [0.2, 0.25) is 0 Å². The lowest BCUT2D eigenvalue weighted by atomic mass is 9.89. The van der Waals surface area contributed by atoms with Crippen LogP contribution in [0.1, 0.15) is 23.2 Å². The summed E-state index contributed by atoms with van der Waals surface area (Å²) in [5.41, 5.74) is -0.282. The van der Waals surface area contributed by atoms with Crippen molar-refractivity contribution in [3.63, 3.8) is 0 Å². The normalized spacial score (nSPS) is 22.1. The largest absolute Gasteiger partial charge is 0.477 e. The van der Waals surface area contributed by atoms with Crippen LogP contribution in [-0.4, -0.2) is 33.3 Å². The number of benzene rings is 1. The van der Waals surface area contributed by atoms with Gasteiger partial charge in [-0.15, -0.1) is 0 Å². The Kier molecular flexibility index (Phi) is 3.15. The molecule has 0 bridgehead atoms. The fourth-order valence-electron chi connectivity index (χ4n) is 1.89. The van der Waals surface area contributed by atoms with Gasteiger partial charge >= 0.3 is 5.97 Å². The van der Waals surface area contributed by atoms with E-state index in [-0.39, 0.29) is 17.7 Å². The lowest BCUT2D eigenvalue weighted by Gasteiger charge is -2.32. The molecule has 1 aliphatic rings. The molecule has 0 unspecified atom stereocenters. The van der Waals surface area contributed by atoms with Crippen LogP contribution in [0.25, 0.3) is 0 Å². The van der Waals surface area contributed by atoms with Crippen LogP contribution in [0.15, 0.2) is 18.2 Å². The van der Waals surface area contributed by atoms with Crippen LogP contribution in [0, 0.1) is 10.1 Å². The van der Waals surface area contributed by atoms with Gasteiger partial charge in [0.25, 0.3) is 5.69 Å². The molecule has 0 saturated heterocycles. The molecule has 0 radical (unpaired) electrons. The van der Waals surface area contributed by atoms with E-state index in [1.807, 2.05) is 0 Å². The maximum atomic E-state index is 10.8. The van der Waals surface area contributed by atoms with E-state index < -0.39 is 16.6 Å². The number of aliphatic hydroxyl groups excluding tert-OH is 1. The lowest BCUT2D eigenvalue weighted by molar-refractivity contribution is -0.385. The molecule has 2 rings (SSSR count). The number of carboxylic acids is 1. The molecule has 1 fully saturated rings. The number of carboxylic acid groups (broad SMARTS) is 1. The zero-order valence-corrected chi connectivity index (χ0v) is 9.37. The molecular weight excluding hydrogens is 240 g/mol. The molecule has 0 heterocycles. The predicted octanol–water partition coefficient (Wildman–Crippen LogP) is 1.23. The number of nitro benzene ring substituents is 1. The fourth-order valence-corrected chi connectivity index (χ4v) is 1.89. The number of nitrogens with zero attached hydrogens (tertiary/aromatic N) is 1. The summed E-state index contributed by atoms with van der Waals surface area (Å²) in [7, 11) is 0. The van der Waals surface area contributed by atoms with Gasteiger partial charge in [0.1, 0.15) is 5.56 Å². The van der Waals surface area contributed by atoms with Gasteiger partial charge < -0.3 is 15.5 Å². The molecule has 0 atom stereocenters. The van der Waals surface area contributed by atoms with Crippen molar-refractivity contribution in [1.82, 2.24) is 0 Å². The Morgan fingerprint density at radius 1 is 1.44 bits per heavy atom. The number of nitrogens with one attached hydrogen (secondary N) is 1. The third-order valence-electron chi connectivity index (χ3n) is 2.91. The Hall–Kier alpha value is -2.15. The van der Waals surface area contributed by atoms with Crippen molar-refractivity contribution in [2.75, 3.05) is 5.32 Å². The van der Waals surface area contributed by atoms with Crippen LogP contribution < -0.4 is 5.32 Å². The van der Waals surface area contributed by atoms with E-state index in [0.717, 1.165) is 0 Å². The van der Waals surface area contributed by atoms with Crippen LogP contribution >= 0.6 is 0 Å². The highest BCUT2D eigenvalue weighted by molar-refractivity contribution is 5.93. The zero-order valence-electron chi connectivity index (χ0n) is 9.37. The van der Waals surface area contributed by atoms with Gasteiger partial charge in [0.05, 0.1) is 11.0 Å². The van der Waals surface area contributed by atoms with E-state index >= 15 is 0 Å². The molecule has 1 aliphatic carbocycles. The molecule has 1 saturated carbocycles. The minimum atomic E-state index is -1.33. The Morgan fingerprint density at radius 3 is 2.61 bits per heavy atom. The van der Waals surface area contributed by atoms with Crippen LogP contribution in [0.2, 0.25) is 0 Å². The van der Waals surface area contributed by atoms with Gasteiger partial charge in [0.15, 0.2) is 0 Å². The molecule has 18 heavy (non-hydrogen) atoms. The number of aromatic carboxylic acids is 1. The molecule has 0 amide bonds. The number of carbonyl (C=O) groups is 1. The van der Waals surface area contributed by atoms with E-state index in [1.54, 1.807) is 0 Å². The highest BCUT2D eigenvalue weighted by Gasteiger charge is 2.28. The summed E-state index contributed by atoms with van der Waals surface area (Å²) in [6.45, 7) is 0. The first-order chi connectivity index (χ1) is 8.47. The van der Waals surface area contributed by atoms with Crippen molar-refractivity contribution < 1.29 is 19.9 Å². The van der Waals surface area contributed by atoms with Gasteiger partial charge in [-0.1, -0.05) is 0 Å². The van der Waals surface area contributed by atoms with E-state index in [0.29, 0.717) is 18.5 Å². The monoisotopic (exact) mass is 252 g/mol.